The summed E-state index contributed by atoms with van der Waals surface area (Å²) in [5.41, 5.74) is 1.08. The second kappa shape index (κ2) is 8.94. The first-order valence-electron chi connectivity index (χ1n) is 7.30. The molecule has 0 aliphatic heterocycles. The van der Waals surface area contributed by atoms with Crippen molar-refractivity contribution in [2.24, 2.45) is 0 Å². The van der Waals surface area contributed by atoms with Gasteiger partial charge < -0.3 is 16.0 Å². The molecule has 0 fully saturated rings. The highest BCUT2D eigenvalue weighted by atomic mass is 16.2. The van der Waals surface area contributed by atoms with Crippen molar-refractivity contribution in [1.82, 2.24) is 15.6 Å². The zero-order valence-corrected chi connectivity index (χ0v) is 12.9. The van der Waals surface area contributed by atoms with Gasteiger partial charge in [-0.2, -0.15) is 0 Å². The van der Waals surface area contributed by atoms with Crippen LogP contribution in [0.2, 0.25) is 0 Å². The molecule has 0 unspecified atom stereocenters. The first-order chi connectivity index (χ1) is 10.1. The first-order valence-corrected chi connectivity index (χ1v) is 7.30. The number of nitrogens with one attached hydrogen (secondary N) is 3. The van der Waals surface area contributed by atoms with Crippen LogP contribution >= 0.6 is 0 Å². The number of hydrogen-bond donors (Lipinski definition) is 3. The molecule has 0 aromatic carbocycles. The third-order valence-corrected chi connectivity index (χ3v) is 3.13. The van der Waals surface area contributed by atoms with Gasteiger partial charge in [-0.15, -0.1) is 0 Å². The van der Waals surface area contributed by atoms with Crippen molar-refractivity contribution < 1.29 is 9.59 Å². The summed E-state index contributed by atoms with van der Waals surface area (Å²) in [6, 6.07) is 3.36. The summed E-state index contributed by atoms with van der Waals surface area (Å²) in [5.74, 6) is 0.541. The molecule has 0 radical (unpaired) electrons. The minimum absolute atomic E-state index is 0.114. The van der Waals surface area contributed by atoms with Crippen LogP contribution in [0.15, 0.2) is 18.3 Å². The van der Waals surface area contributed by atoms with Crippen LogP contribution < -0.4 is 16.0 Å². The summed E-state index contributed by atoms with van der Waals surface area (Å²) in [6.07, 6.45) is 3.36. The van der Waals surface area contributed by atoms with Crippen LogP contribution in [0.5, 0.6) is 0 Å². The average molecular weight is 292 g/mol. The summed E-state index contributed by atoms with van der Waals surface area (Å²) < 4.78 is 0. The molecule has 0 bridgehead atoms. The molecular weight excluding hydrogens is 268 g/mol. The highest BCUT2D eigenvalue weighted by Gasteiger charge is 2.19. The Hall–Kier alpha value is -2.11. The van der Waals surface area contributed by atoms with E-state index in [0.717, 1.165) is 11.4 Å². The average Bonchev–Trinajstić information content (AvgIpc) is 2.51. The van der Waals surface area contributed by atoms with Crippen molar-refractivity contribution >= 4 is 17.6 Å². The van der Waals surface area contributed by atoms with Crippen LogP contribution in [0, 0.1) is 0 Å². The van der Waals surface area contributed by atoms with Gasteiger partial charge in [0.05, 0.1) is 0 Å². The third kappa shape index (κ3) is 5.81. The van der Waals surface area contributed by atoms with E-state index in [2.05, 4.69) is 20.9 Å². The highest BCUT2D eigenvalue weighted by Crippen LogP contribution is 2.10. The van der Waals surface area contributed by atoms with Crippen LogP contribution in [0.25, 0.3) is 0 Å². The Labute approximate surface area is 125 Å². The van der Waals surface area contributed by atoms with Gasteiger partial charge >= 0.3 is 0 Å². The number of pyridine rings is 1. The van der Waals surface area contributed by atoms with Gasteiger partial charge in [-0.25, -0.2) is 4.98 Å². The molecule has 21 heavy (non-hydrogen) atoms. The van der Waals surface area contributed by atoms with Crippen molar-refractivity contribution in [3.8, 4) is 0 Å². The maximum absolute atomic E-state index is 12.0. The lowest BCUT2D eigenvalue weighted by Crippen LogP contribution is -2.46. The number of carbonyl (C=O) groups is 2. The monoisotopic (exact) mass is 292 g/mol. The van der Waals surface area contributed by atoms with Crippen LogP contribution in [0.4, 0.5) is 5.82 Å². The Balaban J connectivity index is 2.66. The van der Waals surface area contributed by atoms with E-state index in [1.54, 1.807) is 13.1 Å². The molecule has 0 spiro atoms. The number of aromatic nitrogens is 1. The zero-order valence-electron chi connectivity index (χ0n) is 12.9. The van der Waals surface area contributed by atoms with Crippen LogP contribution in [-0.4, -0.2) is 36.4 Å². The van der Waals surface area contributed by atoms with Gasteiger partial charge in [0.1, 0.15) is 11.9 Å². The summed E-state index contributed by atoms with van der Waals surface area (Å²) in [7, 11) is 1.81. The summed E-state index contributed by atoms with van der Waals surface area (Å²) in [6.45, 7) is 4.18. The number of nitrogens with zero attached hydrogens (tertiary/aromatic N) is 1. The van der Waals surface area contributed by atoms with Crippen molar-refractivity contribution in [2.45, 2.75) is 39.2 Å². The van der Waals surface area contributed by atoms with E-state index >= 15 is 0 Å². The Bertz CT molecular complexity index is 476. The molecule has 0 saturated heterocycles. The lowest BCUT2D eigenvalue weighted by atomic mass is 10.1. The van der Waals surface area contributed by atoms with Gasteiger partial charge in [-0.05, 0) is 37.5 Å². The Morgan fingerprint density at radius 3 is 2.71 bits per heavy atom. The number of carbonyl (C=O) groups excluding carboxylic acids is 2. The predicted octanol–water partition coefficient (Wildman–Crippen LogP) is 1.09. The van der Waals surface area contributed by atoms with E-state index in [0.29, 0.717) is 25.8 Å². The van der Waals surface area contributed by atoms with Crippen molar-refractivity contribution in [3.05, 3.63) is 23.9 Å². The number of aryl methyl sites for hydroxylation is 1. The highest BCUT2D eigenvalue weighted by molar-refractivity contribution is 5.87. The number of hydrogen-bond acceptors (Lipinski definition) is 4. The fourth-order valence-electron chi connectivity index (χ4n) is 1.94. The first kappa shape index (κ1) is 16.9. The van der Waals surface area contributed by atoms with E-state index in [1.165, 1.54) is 0 Å². The second-order valence-corrected chi connectivity index (χ2v) is 4.71. The van der Waals surface area contributed by atoms with Crippen molar-refractivity contribution in [3.63, 3.8) is 0 Å². The SMILES string of the molecule is CCNC(=O)[C@H](CCc1ccnc(NC)c1)NC(=O)CC. The topological polar surface area (TPSA) is 83.1 Å². The number of anilines is 1. The number of likely N-dealkylation sites (N-methyl/N-ethyl adjacent to an activating group) is 1. The van der Waals surface area contributed by atoms with Gasteiger partial charge in [0.2, 0.25) is 11.8 Å². The van der Waals surface area contributed by atoms with Gasteiger partial charge in [0, 0.05) is 26.2 Å². The molecule has 3 N–H and O–H groups in total. The Morgan fingerprint density at radius 1 is 1.33 bits per heavy atom. The second-order valence-electron chi connectivity index (χ2n) is 4.71. The zero-order chi connectivity index (χ0) is 15.7. The summed E-state index contributed by atoms with van der Waals surface area (Å²) in [5, 5.41) is 8.50. The lowest BCUT2D eigenvalue weighted by Gasteiger charge is -2.17. The Morgan fingerprint density at radius 2 is 2.10 bits per heavy atom. The summed E-state index contributed by atoms with van der Waals surface area (Å²) in [4.78, 5) is 27.7. The number of rotatable bonds is 8. The number of amides is 2. The molecule has 1 aromatic heterocycles. The van der Waals surface area contributed by atoms with E-state index in [9.17, 15) is 9.59 Å². The van der Waals surface area contributed by atoms with E-state index in [4.69, 9.17) is 0 Å². The molecule has 6 heteroatoms. The van der Waals surface area contributed by atoms with Gasteiger partial charge in [-0.3, -0.25) is 9.59 Å². The maximum atomic E-state index is 12.0. The smallest absolute Gasteiger partial charge is 0.242 e. The van der Waals surface area contributed by atoms with Gasteiger partial charge in [0.15, 0.2) is 0 Å². The minimum atomic E-state index is -0.497. The fraction of sp³-hybridized carbons (Fsp3) is 0.533. The van der Waals surface area contributed by atoms with E-state index < -0.39 is 6.04 Å². The predicted molar refractivity (Wildman–Crippen MR) is 83.0 cm³/mol. The lowest BCUT2D eigenvalue weighted by molar-refractivity contribution is -0.128. The maximum Gasteiger partial charge on any atom is 0.242 e. The quantitative estimate of drug-likeness (QED) is 0.669. The van der Waals surface area contributed by atoms with Gasteiger partial charge in [0.25, 0.3) is 0 Å². The van der Waals surface area contributed by atoms with Crippen LogP contribution in [-0.2, 0) is 16.0 Å². The molecule has 1 atom stereocenters. The summed E-state index contributed by atoms with van der Waals surface area (Å²) >= 11 is 0. The normalized spacial score (nSPS) is 11.6. The van der Waals surface area contributed by atoms with Crippen molar-refractivity contribution in [2.75, 3.05) is 18.9 Å². The molecule has 1 aromatic rings. The molecule has 2 amide bonds. The molecular formula is C15H24N4O2. The molecule has 0 aliphatic rings. The van der Waals surface area contributed by atoms with E-state index in [1.807, 2.05) is 26.1 Å². The van der Waals surface area contributed by atoms with Crippen LogP contribution in [0.3, 0.4) is 0 Å². The Kier molecular flexibility index (Phi) is 7.21. The van der Waals surface area contributed by atoms with Gasteiger partial charge in [-0.1, -0.05) is 6.92 Å². The van der Waals surface area contributed by atoms with Crippen LogP contribution in [0.1, 0.15) is 32.3 Å². The molecule has 1 heterocycles. The molecule has 1 rings (SSSR count). The fourth-order valence-corrected chi connectivity index (χ4v) is 1.94. The molecule has 116 valence electrons. The van der Waals surface area contributed by atoms with E-state index in [-0.39, 0.29) is 11.8 Å². The molecule has 0 saturated carbocycles. The minimum Gasteiger partial charge on any atom is -0.373 e. The molecule has 6 nitrogen and oxygen atoms in total. The largest absolute Gasteiger partial charge is 0.373 e. The van der Waals surface area contributed by atoms with Crippen molar-refractivity contribution in [1.29, 1.82) is 0 Å². The standard InChI is InChI=1S/C15H24N4O2/c1-4-14(20)19-12(15(21)17-5-2)7-6-11-8-9-18-13(10-11)16-3/h8-10,12H,4-7H2,1-3H3,(H,16,18)(H,17,21)(H,19,20)/t12-/m0/s1. The molecule has 0 aliphatic carbocycles. The third-order valence-electron chi connectivity index (χ3n) is 3.13.